The number of hydrogen-bond donors (Lipinski definition) is 3. The van der Waals surface area contributed by atoms with Crippen LogP contribution in [-0.2, 0) is 4.79 Å². The van der Waals surface area contributed by atoms with Crippen LogP contribution in [0.15, 0.2) is 18.3 Å². The number of β-amino-alcohol motifs (C(OH)–C–C–N with tert-alkyl or cyclic N) is 1. The Kier molecular flexibility index (Phi) is 3.17. The van der Waals surface area contributed by atoms with Crippen LogP contribution in [0.4, 0.5) is 5.69 Å². The van der Waals surface area contributed by atoms with Gasteiger partial charge in [0.05, 0.1) is 24.0 Å². The standard InChI is InChI=1S/C11H15N3O2/c1-7-2-3-8(5-12-7)14-11(16)10-4-9(15)6-13-10/h2-3,5,9-10,13,15H,4,6H2,1H3,(H,14,16). The summed E-state index contributed by atoms with van der Waals surface area (Å²) in [6.45, 7) is 2.37. The number of aryl methyl sites for hydroxylation is 1. The molecule has 1 aliphatic rings. The number of carbonyl (C=O) groups excluding carboxylic acids is 1. The van der Waals surface area contributed by atoms with Crippen LogP contribution >= 0.6 is 0 Å². The van der Waals surface area contributed by atoms with Gasteiger partial charge in [-0.3, -0.25) is 9.78 Å². The van der Waals surface area contributed by atoms with E-state index in [0.717, 1.165) is 5.69 Å². The number of carbonyl (C=O) groups is 1. The Morgan fingerprint density at radius 2 is 2.44 bits per heavy atom. The first-order valence-corrected chi connectivity index (χ1v) is 5.30. The van der Waals surface area contributed by atoms with Crippen molar-refractivity contribution in [1.29, 1.82) is 0 Å². The molecule has 1 fully saturated rings. The second kappa shape index (κ2) is 4.59. The van der Waals surface area contributed by atoms with Crippen LogP contribution in [0, 0.1) is 6.92 Å². The second-order valence-electron chi connectivity index (χ2n) is 4.03. The van der Waals surface area contributed by atoms with Crippen LogP contribution in [0.1, 0.15) is 12.1 Å². The number of nitrogens with one attached hydrogen (secondary N) is 2. The molecular formula is C11H15N3O2. The van der Waals surface area contributed by atoms with Crippen molar-refractivity contribution in [1.82, 2.24) is 10.3 Å². The summed E-state index contributed by atoms with van der Waals surface area (Å²) < 4.78 is 0. The Hall–Kier alpha value is -1.46. The lowest BCUT2D eigenvalue weighted by Gasteiger charge is -2.10. The van der Waals surface area contributed by atoms with Crippen LogP contribution in [0.3, 0.4) is 0 Å². The Labute approximate surface area is 93.9 Å². The molecule has 5 nitrogen and oxygen atoms in total. The lowest BCUT2D eigenvalue weighted by atomic mass is 10.2. The molecule has 0 aliphatic carbocycles. The normalized spacial score (nSPS) is 24.4. The molecule has 16 heavy (non-hydrogen) atoms. The van der Waals surface area contributed by atoms with Gasteiger partial charge in [0, 0.05) is 12.2 Å². The molecule has 1 amide bonds. The number of anilines is 1. The SMILES string of the molecule is Cc1ccc(NC(=O)C2CC(O)CN2)cn1. The second-order valence-corrected chi connectivity index (χ2v) is 4.03. The highest BCUT2D eigenvalue weighted by Crippen LogP contribution is 2.10. The average molecular weight is 221 g/mol. The van der Waals surface area contributed by atoms with Crippen LogP contribution in [-0.4, -0.2) is 34.7 Å². The molecule has 1 aliphatic heterocycles. The smallest absolute Gasteiger partial charge is 0.241 e. The quantitative estimate of drug-likeness (QED) is 0.659. The fraction of sp³-hybridized carbons (Fsp3) is 0.455. The zero-order valence-corrected chi connectivity index (χ0v) is 9.10. The predicted octanol–water partition coefficient (Wildman–Crippen LogP) is 0.0513. The molecular weight excluding hydrogens is 206 g/mol. The van der Waals surface area contributed by atoms with Crippen molar-refractivity contribution in [3.05, 3.63) is 24.0 Å². The molecule has 0 bridgehead atoms. The number of pyridine rings is 1. The van der Waals surface area contributed by atoms with E-state index in [4.69, 9.17) is 0 Å². The number of hydrogen-bond acceptors (Lipinski definition) is 4. The molecule has 0 radical (unpaired) electrons. The van der Waals surface area contributed by atoms with Crippen LogP contribution < -0.4 is 10.6 Å². The molecule has 2 unspecified atom stereocenters. The van der Waals surface area contributed by atoms with Crippen LogP contribution in [0.5, 0.6) is 0 Å². The maximum absolute atomic E-state index is 11.7. The fourth-order valence-electron chi connectivity index (χ4n) is 1.69. The summed E-state index contributed by atoms with van der Waals surface area (Å²) in [6, 6.07) is 3.34. The van der Waals surface area contributed by atoms with Gasteiger partial charge in [0.25, 0.3) is 0 Å². The summed E-state index contributed by atoms with van der Waals surface area (Å²) in [7, 11) is 0. The van der Waals surface area contributed by atoms with E-state index in [9.17, 15) is 9.90 Å². The van der Waals surface area contributed by atoms with Gasteiger partial charge in [-0.05, 0) is 25.5 Å². The minimum Gasteiger partial charge on any atom is -0.392 e. The topological polar surface area (TPSA) is 74.2 Å². The molecule has 1 saturated heterocycles. The number of aliphatic hydroxyl groups is 1. The van der Waals surface area contributed by atoms with Gasteiger partial charge in [-0.2, -0.15) is 0 Å². The van der Waals surface area contributed by atoms with E-state index in [0.29, 0.717) is 18.7 Å². The zero-order chi connectivity index (χ0) is 11.5. The van der Waals surface area contributed by atoms with Crippen LogP contribution in [0.25, 0.3) is 0 Å². The third-order valence-corrected chi connectivity index (χ3v) is 2.60. The highest BCUT2D eigenvalue weighted by molar-refractivity contribution is 5.94. The number of rotatable bonds is 2. The third kappa shape index (κ3) is 2.56. The maximum atomic E-state index is 11.7. The summed E-state index contributed by atoms with van der Waals surface area (Å²) in [5, 5.41) is 15.0. The summed E-state index contributed by atoms with van der Waals surface area (Å²) >= 11 is 0. The molecule has 86 valence electrons. The van der Waals surface area contributed by atoms with E-state index < -0.39 is 6.10 Å². The molecule has 0 spiro atoms. The molecule has 3 N–H and O–H groups in total. The molecule has 2 atom stereocenters. The fourth-order valence-corrected chi connectivity index (χ4v) is 1.69. The molecule has 2 rings (SSSR count). The van der Waals surface area contributed by atoms with Gasteiger partial charge in [0.2, 0.25) is 5.91 Å². The van der Waals surface area contributed by atoms with Gasteiger partial charge in [0.1, 0.15) is 0 Å². The lowest BCUT2D eigenvalue weighted by molar-refractivity contribution is -0.117. The van der Waals surface area contributed by atoms with Crippen molar-refractivity contribution in [3.63, 3.8) is 0 Å². The Bertz CT molecular complexity index is 377. The van der Waals surface area contributed by atoms with E-state index in [1.54, 1.807) is 6.20 Å². The van der Waals surface area contributed by atoms with Gasteiger partial charge >= 0.3 is 0 Å². The van der Waals surface area contributed by atoms with Gasteiger partial charge in [0.15, 0.2) is 0 Å². The van der Waals surface area contributed by atoms with Gasteiger partial charge in [-0.25, -0.2) is 0 Å². The summed E-state index contributed by atoms with van der Waals surface area (Å²) in [6.07, 6.45) is 1.66. The van der Waals surface area contributed by atoms with E-state index in [2.05, 4.69) is 15.6 Å². The first-order valence-electron chi connectivity index (χ1n) is 5.30. The van der Waals surface area contributed by atoms with E-state index in [-0.39, 0.29) is 11.9 Å². The number of aromatic nitrogens is 1. The van der Waals surface area contributed by atoms with Crippen LogP contribution in [0.2, 0.25) is 0 Å². The first-order chi connectivity index (χ1) is 7.65. The molecule has 1 aromatic rings. The number of amides is 1. The van der Waals surface area contributed by atoms with Crippen molar-refractivity contribution < 1.29 is 9.90 Å². The maximum Gasteiger partial charge on any atom is 0.241 e. The van der Waals surface area contributed by atoms with Gasteiger partial charge in [-0.1, -0.05) is 0 Å². The molecule has 0 aromatic carbocycles. The first kappa shape index (κ1) is 11.0. The predicted molar refractivity (Wildman–Crippen MR) is 60.0 cm³/mol. The summed E-state index contributed by atoms with van der Waals surface area (Å²) in [5.41, 5.74) is 1.59. The van der Waals surface area contributed by atoms with Crippen molar-refractivity contribution in [2.75, 3.05) is 11.9 Å². The number of nitrogens with zero attached hydrogens (tertiary/aromatic N) is 1. The largest absolute Gasteiger partial charge is 0.392 e. The summed E-state index contributed by atoms with van der Waals surface area (Å²) in [4.78, 5) is 15.8. The molecule has 0 saturated carbocycles. The zero-order valence-electron chi connectivity index (χ0n) is 9.10. The lowest BCUT2D eigenvalue weighted by Crippen LogP contribution is -2.35. The minimum absolute atomic E-state index is 0.123. The monoisotopic (exact) mass is 221 g/mol. The van der Waals surface area contributed by atoms with E-state index in [1.807, 2.05) is 19.1 Å². The van der Waals surface area contributed by atoms with E-state index in [1.165, 1.54) is 0 Å². The Balaban J connectivity index is 1.94. The molecule has 1 aromatic heterocycles. The molecule has 5 heteroatoms. The van der Waals surface area contributed by atoms with Gasteiger partial charge in [-0.15, -0.1) is 0 Å². The van der Waals surface area contributed by atoms with Crippen molar-refractivity contribution in [2.24, 2.45) is 0 Å². The summed E-state index contributed by atoms with van der Waals surface area (Å²) in [5.74, 6) is -0.123. The Morgan fingerprint density at radius 1 is 1.62 bits per heavy atom. The van der Waals surface area contributed by atoms with Crippen molar-refractivity contribution in [2.45, 2.75) is 25.5 Å². The van der Waals surface area contributed by atoms with Gasteiger partial charge < -0.3 is 15.7 Å². The Morgan fingerprint density at radius 3 is 3.00 bits per heavy atom. The average Bonchev–Trinajstić information content (AvgIpc) is 2.68. The van der Waals surface area contributed by atoms with Crippen molar-refractivity contribution >= 4 is 11.6 Å². The van der Waals surface area contributed by atoms with Crippen molar-refractivity contribution in [3.8, 4) is 0 Å². The minimum atomic E-state index is -0.424. The number of aliphatic hydroxyl groups excluding tert-OH is 1. The molecule has 2 heterocycles. The highest BCUT2D eigenvalue weighted by Gasteiger charge is 2.27. The van der Waals surface area contributed by atoms with E-state index >= 15 is 0 Å². The third-order valence-electron chi connectivity index (χ3n) is 2.60. The highest BCUT2D eigenvalue weighted by atomic mass is 16.3.